The van der Waals surface area contributed by atoms with Crippen LogP contribution in [0.4, 0.5) is 0 Å². The van der Waals surface area contributed by atoms with Crippen molar-refractivity contribution in [2.45, 2.75) is 388 Å². The number of aliphatic hydroxyl groups excluding tert-OH is 1. The number of rotatable bonds is 73. The van der Waals surface area contributed by atoms with Crippen LogP contribution in [0.15, 0.2) is 24.3 Å². The number of hydrogen-bond donors (Lipinski definition) is 3. The van der Waals surface area contributed by atoms with Crippen LogP contribution in [0.5, 0.6) is 0 Å². The Balaban J connectivity index is 5.30. The van der Waals surface area contributed by atoms with Gasteiger partial charge >= 0.3 is 39.5 Å². The highest BCUT2D eigenvalue weighted by Crippen LogP contribution is 2.45. The molecule has 0 amide bonds. The quantitative estimate of drug-likeness (QED) is 0.0169. The maximum absolute atomic E-state index is 13.1. The largest absolute Gasteiger partial charge is 0.472 e. The molecule has 0 spiro atoms. The van der Waals surface area contributed by atoms with Crippen molar-refractivity contribution in [2.75, 3.05) is 39.6 Å². The minimum atomic E-state index is -4.97. The molecule has 2 unspecified atom stereocenters. The van der Waals surface area contributed by atoms with Crippen molar-refractivity contribution in [1.29, 1.82) is 0 Å². The second kappa shape index (κ2) is 67.1. The lowest BCUT2D eigenvalue weighted by Crippen LogP contribution is -2.30. The second-order valence-electron chi connectivity index (χ2n) is 28.5. The van der Waals surface area contributed by atoms with E-state index in [0.717, 1.165) is 127 Å². The SMILES string of the molecule is CCCCCC/C=C\C=C/CCCCCCCC(=O)OC[C@H](COP(=O)(O)OC[C@@H](O)COP(=O)(O)OC[C@@H](COC(=O)CCCCCCCCCCCC(C)C)OC(=O)CCCCCCCCCCCC(C)C)OC(=O)CCCCCCCCCCCCCCCCC(C)C. The van der Waals surface area contributed by atoms with Gasteiger partial charge in [0.1, 0.15) is 19.3 Å². The van der Waals surface area contributed by atoms with Gasteiger partial charge in [-0.1, -0.05) is 317 Å². The zero-order valence-corrected chi connectivity index (χ0v) is 64.1. The van der Waals surface area contributed by atoms with Gasteiger partial charge in [-0.05, 0) is 69.1 Å². The first-order valence-corrected chi connectivity index (χ1v) is 42.2. The molecule has 19 heteroatoms. The molecule has 0 radical (unpaired) electrons. The first-order valence-electron chi connectivity index (χ1n) is 39.2. The van der Waals surface area contributed by atoms with Crippen LogP contribution in [-0.4, -0.2) is 96.7 Å². The fraction of sp³-hybridized carbons (Fsp3) is 0.896. The van der Waals surface area contributed by atoms with Gasteiger partial charge in [0, 0.05) is 25.7 Å². The first-order chi connectivity index (χ1) is 46.2. The van der Waals surface area contributed by atoms with Crippen LogP contribution in [0.1, 0.15) is 370 Å². The van der Waals surface area contributed by atoms with Gasteiger partial charge < -0.3 is 33.8 Å². The molecule has 5 atom stereocenters. The monoisotopic (exact) mass is 1410 g/mol. The summed E-state index contributed by atoms with van der Waals surface area (Å²) in [6.07, 6.45) is 56.3. The van der Waals surface area contributed by atoms with Gasteiger partial charge in [-0.2, -0.15) is 0 Å². The number of allylic oxidation sites excluding steroid dienone is 4. The molecule has 0 saturated carbocycles. The van der Waals surface area contributed by atoms with Crippen LogP contribution in [0.2, 0.25) is 0 Å². The summed E-state index contributed by atoms with van der Waals surface area (Å²) in [5.74, 6) is 0.123. The number of unbranched alkanes of at least 4 members (excludes halogenated alkanes) is 38. The van der Waals surface area contributed by atoms with Crippen LogP contribution in [0, 0.1) is 17.8 Å². The van der Waals surface area contributed by atoms with E-state index in [9.17, 15) is 43.2 Å². The number of phosphoric acid groups is 2. The molecule has 0 aromatic carbocycles. The summed E-state index contributed by atoms with van der Waals surface area (Å²) in [5, 5.41) is 10.6. The van der Waals surface area contributed by atoms with Crippen molar-refractivity contribution in [3.8, 4) is 0 Å². The predicted octanol–water partition coefficient (Wildman–Crippen LogP) is 22.1. The van der Waals surface area contributed by atoms with Crippen LogP contribution in [0.25, 0.3) is 0 Å². The highest BCUT2D eigenvalue weighted by molar-refractivity contribution is 7.47. The molecule has 0 heterocycles. The summed E-state index contributed by atoms with van der Waals surface area (Å²) in [6, 6.07) is 0. The van der Waals surface area contributed by atoms with Crippen molar-refractivity contribution >= 4 is 39.5 Å². The summed E-state index contributed by atoms with van der Waals surface area (Å²) in [6.45, 7) is 11.8. The number of phosphoric ester groups is 2. The van der Waals surface area contributed by atoms with E-state index in [1.165, 1.54) is 161 Å². The maximum atomic E-state index is 13.1. The highest BCUT2D eigenvalue weighted by atomic mass is 31.2. The fourth-order valence-corrected chi connectivity index (χ4v) is 12.8. The zero-order chi connectivity index (χ0) is 70.9. The summed E-state index contributed by atoms with van der Waals surface area (Å²) in [7, 11) is -9.93. The molecule has 96 heavy (non-hydrogen) atoms. The molecular formula is C77H146O17P2. The lowest BCUT2D eigenvalue weighted by atomic mass is 10.0. The molecule has 0 aliphatic carbocycles. The van der Waals surface area contributed by atoms with Gasteiger partial charge in [-0.3, -0.25) is 37.3 Å². The maximum Gasteiger partial charge on any atom is 0.472 e. The van der Waals surface area contributed by atoms with E-state index in [4.69, 9.17) is 37.0 Å². The third-order valence-electron chi connectivity index (χ3n) is 17.3. The summed E-state index contributed by atoms with van der Waals surface area (Å²) >= 11 is 0. The van der Waals surface area contributed by atoms with Crippen LogP contribution in [-0.2, 0) is 65.4 Å². The first kappa shape index (κ1) is 93.5. The Hall–Kier alpha value is -2.46. The van der Waals surface area contributed by atoms with E-state index in [2.05, 4.69) is 72.8 Å². The van der Waals surface area contributed by atoms with Crippen molar-refractivity contribution < 1.29 is 80.2 Å². The summed E-state index contributed by atoms with van der Waals surface area (Å²) in [5.41, 5.74) is 0. The molecule has 566 valence electrons. The number of esters is 4. The average molecular weight is 1410 g/mol. The van der Waals surface area contributed by atoms with Crippen LogP contribution < -0.4 is 0 Å². The Kier molecular flexibility index (Phi) is 65.3. The highest BCUT2D eigenvalue weighted by Gasteiger charge is 2.30. The third kappa shape index (κ3) is 70.0. The van der Waals surface area contributed by atoms with Crippen molar-refractivity contribution in [2.24, 2.45) is 17.8 Å². The molecule has 0 aliphatic heterocycles. The molecule has 17 nitrogen and oxygen atoms in total. The van der Waals surface area contributed by atoms with Crippen molar-refractivity contribution in [1.82, 2.24) is 0 Å². The number of carbonyl (C=O) groups excluding carboxylic acids is 4. The average Bonchev–Trinajstić information content (AvgIpc) is 1.28. The van der Waals surface area contributed by atoms with Gasteiger partial charge in [0.25, 0.3) is 0 Å². The predicted molar refractivity (Wildman–Crippen MR) is 390 cm³/mol. The van der Waals surface area contributed by atoms with Gasteiger partial charge in [0.15, 0.2) is 12.2 Å². The minimum Gasteiger partial charge on any atom is -0.462 e. The zero-order valence-electron chi connectivity index (χ0n) is 62.3. The van der Waals surface area contributed by atoms with E-state index in [1.54, 1.807) is 0 Å². The Labute approximate surface area is 586 Å². The number of carbonyl (C=O) groups is 4. The smallest absolute Gasteiger partial charge is 0.462 e. The van der Waals surface area contributed by atoms with Gasteiger partial charge in [-0.15, -0.1) is 0 Å². The van der Waals surface area contributed by atoms with Crippen molar-refractivity contribution in [3.63, 3.8) is 0 Å². The molecule has 0 bridgehead atoms. The third-order valence-corrected chi connectivity index (χ3v) is 19.2. The Morgan fingerprint density at radius 3 is 0.844 bits per heavy atom. The van der Waals surface area contributed by atoms with E-state index in [1.807, 2.05) is 0 Å². The van der Waals surface area contributed by atoms with E-state index in [-0.39, 0.29) is 25.7 Å². The topological polar surface area (TPSA) is 237 Å². The fourth-order valence-electron chi connectivity index (χ4n) is 11.2. The van der Waals surface area contributed by atoms with Gasteiger partial charge in [-0.25, -0.2) is 9.13 Å². The standard InChI is InChI=1S/C77H146O17P2/c1-8-9-10-11-12-13-14-15-16-20-23-30-37-44-51-58-74(79)87-64-72(93-76(81)60-53-46-39-31-24-21-18-17-19-22-27-34-41-48-55-68(2)3)66-91-95(83,84)89-62-71(78)63-90-96(85,86)92-67-73(94-77(82)61-54-47-40-33-26-29-36-43-50-57-70(6)7)65-88-75(80)59-52-45-38-32-25-28-35-42-49-56-69(4)5/h13-16,68-73,78H,8-12,17-67H2,1-7H3,(H,83,84)(H,85,86)/b14-13-,16-15-/t71-,72-,73-/m1/s1. The molecule has 0 fully saturated rings. The molecule has 0 saturated heterocycles. The van der Waals surface area contributed by atoms with Crippen molar-refractivity contribution in [3.05, 3.63) is 24.3 Å². The Morgan fingerprint density at radius 1 is 0.323 bits per heavy atom. The van der Waals surface area contributed by atoms with E-state index >= 15 is 0 Å². The molecule has 0 aromatic heterocycles. The molecular weight excluding hydrogens is 1260 g/mol. The lowest BCUT2D eigenvalue weighted by Gasteiger charge is -2.21. The molecule has 0 rings (SSSR count). The minimum absolute atomic E-state index is 0.100. The summed E-state index contributed by atoms with van der Waals surface area (Å²) in [4.78, 5) is 72.8. The van der Waals surface area contributed by atoms with Gasteiger partial charge in [0.2, 0.25) is 0 Å². The van der Waals surface area contributed by atoms with Crippen LogP contribution in [0.3, 0.4) is 0 Å². The number of hydrogen-bond acceptors (Lipinski definition) is 15. The van der Waals surface area contributed by atoms with Gasteiger partial charge in [0.05, 0.1) is 26.4 Å². The Bertz CT molecular complexity index is 1960. The molecule has 3 N–H and O–H groups in total. The van der Waals surface area contributed by atoms with E-state index < -0.39 is 97.5 Å². The molecule has 0 aliphatic rings. The number of ether oxygens (including phenoxy) is 4. The van der Waals surface area contributed by atoms with Crippen LogP contribution >= 0.6 is 15.6 Å². The summed E-state index contributed by atoms with van der Waals surface area (Å²) < 4.78 is 68.5. The molecule has 0 aromatic rings. The lowest BCUT2D eigenvalue weighted by molar-refractivity contribution is -0.161. The Morgan fingerprint density at radius 2 is 0.562 bits per heavy atom. The van der Waals surface area contributed by atoms with E-state index in [0.29, 0.717) is 25.7 Å². The number of aliphatic hydroxyl groups is 1. The normalized spacial score (nSPS) is 14.2. The second-order valence-corrected chi connectivity index (χ2v) is 31.4.